The van der Waals surface area contributed by atoms with E-state index in [1.807, 2.05) is 6.20 Å². The number of rotatable bonds is 1. The SMILES string of the molecule is CC1O[C@@H](c2ccnc3c2CCCC3)[C@H]2C[C@@H]3CCN2C[C@H]13. The number of ether oxygens (including phenoxy) is 1. The molecular weight excluding hydrogens is 272 g/mol. The fraction of sp³-hybridized carbons (Fsp3) is 0.737. The fourth-order valence-electron chi connectivity index (χ4n) is 5.58. The third-order valence-corrected chi connectivity index (χ3v) is 6.74. The van der Waals surface area contributed by atoms with Crippen LogP contribution in [0.4, 0.5) is 0 Å². The molecule has 5 saturated heterocycles. The number of fused-ring (bicyclic) bond motifs is 4. The molecule has 118 valence electrons. The van der Waals surface area contributed by atoms with Crippen LogP contribution in [-0.2, 0) is 17.6 Å². The Morgan fingerprint density at radius 1 is 1.27 bits per heavy atom. The van der Waals surface area contributed by atoms with Crippen molar-refractivity contribution in [3.8, 4) is 0 Å². The summed E-state index contributed by atoms with van der Waals surface area (Å²) >= 11 is 0. The Kier molecular flexibility index (Phi) is 3.09. The molecule has 1 aliphatic carbocycles. The molecule has 0 amide bonds. The van der Waals surface area contributed by atoms with Crippen molar-refractivity contribution in [3.05, 3.63) is 29.1 Å². The van der Waals surface area contributed by atoms with Gasteiger partial charge in [0.1, 0.15) is 0 Å². The number of aromatic nitrogens is 1. The lowest BCUT2D eigenvalue weighted by molar-refractivity contribution is -0.0228. The first-order valence-corrected chi connectivity index (χ1v) is 9.17. The lowest BCUT2D eigenvalue weighted by Gasteiger charge is -2.48. The number of nitrogens with zero attached hydrogens (tertiary/aromatic N) is 2. The van der Waals surface area contributed by atoms with Crippen LogP contribution in [0.3, 0.4) is 0 Å². The zero-order valence-corrected chi connectivity index (χ0v) is 13.5. The Morgan fingerprint density at radius 2 is 2.18 bits per heavy atom. The minimum Gasteiger partial charge on any atom is -0.369 e. The van der Waals surface area contributed by atoms with Crippen LogP contribution in [0.1, 0.15) is 55.5 Å². The van der Waals surface area contributed by atoms with E-state index in [2.05, 4.69) is 22.9 Å². The van der Waals surface area contributed by atoms with Gasteiger partial charge in [0.2, 0.25) is 0 Å². The summed E-state index contributed by atoms with van der Waals surface area (Å²) in [5, 5.41) is 0. The molecule has 6 heterocycles. The first-order chi connectivity index (χ1) is 10.8. The van der Waals surface area contributed by atoms with Crippen LogP contribution >= 0.6 is 0 Å². The van der Waals surface area contributed by atoms with Crippen LogP contribution in [-0.4, -0.2) is 35.1 Å². The molecule has 0 spiro atoms. The molecule has 0 N–H and O–H groups in total. The van der Waals surface area contributed by atoms with Crippen LogP contribution in [0.5, 0.6) is 0 Å². The lowest BCUT2D eigenvalue weighted by Crippen LogP contribution is -2.54. The summed E-state index contributed by atoms with van der Waals surface area (Å²) < 4.78 is 6.66. The van der Waals surface area contributed by atoms with Gasteiger partial charge in [0, 0.05) is 30.4 Å². The summed E-state index contributed by atoms with van der Waals surface area (Å²) in [5.41, 5.74) is 4.34. The van der Waals surface area contributed by atoms with Gasteiger partial charge in [-0.15, -0.1) is 0 Å². The first kappa shape index (κ1) is 13.5. The van der Waals surface area contributed by atoms with Crippen molar-refractivity contribution in [2.24, 2.45) is 11.8 Å². The molecule has 6 aliphatic rings. The van der Waals surface area contributed by atoms with Gasteiger partial charge in [-0.25, -0.2) is 0 Å². The molecule has 5 fully saturated rings. The molecule has 2 unspecified atom stereocenters. The molecule has 3 heteroatoms. The number of aryl methyl sites for hydroxylation is 1. The van der Waals surface area contributed by atoms with Gasteiger partial charge >= 0.3 is 0 Å². The Morgan fingerprint density at radius 3 is 3.05 bits per heavy atom. The van der Waals surface area contributed by atoms with Gasteiger partial charge < -0.3 is 4.74 Å². The Bertz CT molecular complexity index is 587. The molecule has 7 rings (SSSR count). The molecule has 4 bridgehead atoms. The van der Waals surface area contributed by atoms with Crippen LogP contribution in [0, 0.1) is 11.8 Å². The van der Waals surface area contributed by atoms with E-state index in [-0.39, 0.29) is 6.10 Å². The van der Waals surface area contributed by atoms with E-state index < -0.39 is 0 Å². The van der Waals surface area contributed by atoms with Crippen LogP contribution in [0.2, 0.25) is 0 Å². The predicted molar refractivity (Wildman–Crippen MR) is 85.7 cm³/mol. The third kappa shape index (κ3) is 1.91. The van der Waals surface area contributed by atoms with Gasteiger partial charge in [-0.1, -0.05) is 0 Å². The summed E-state index contributed by atoms with van der Waals surface area (Å²) in [5.74, 6) is 1.65. The lowest BCUT2D eigenvalue weighted by atomic mass is 9.73. The molecule has 22 heavy (non-hydrogen) atoms. The number of hydrogen-bond donors (Lipinski definition) is 0. The summed E-state index contributed by atoms with van der Waals surface area (Å²) in [6.45, 7) is 4.86. The molecule has 3 nitrogen and oxygen atoms in total. The van der Waals surface area contributed by atoms with Crippen molar-refractivity contribution in [2.45, 2.75) is 63.7 Å². The van der Waals surface area contributed by atoms with E-state index in [9.17, 15) is 0 Å². The summed E-state index contributed by atoms with van der Waals surface area (Å²) in [4.78, 5) is 7.39. The van der Waals surface area contributed by atoms with Gasteiger partial charge in [-0.2, -0.15) is 0 Å². The van der Waals surface area contributed by atoms with Crippen LogP contribution in [0.25, 0.3) is 0 Å². The standard InChI is InChI=1S/C19H26N2O/c1-12-16-11-21-9-7-13(16)10-18(21)19(22-12)15-6-8-20-17-5-3-2-4-14(15)17/h6,8,12-13,16,18-19H,2-5,7,9-11H2,1H3/t12?,13-,16+,18+,19-/m0/s1. The monoisotopic (exact) mass is 298 g/mol. The highest BCUT2D eigenvalue weighted by atomic mass is 16.5. The van der Waals surface area contributed by atoms with Gasteiger partial charge in [-0.05, 0) is 75.1 Å². The Labute approximate surface area is 133 Å². The van der Waals surface area contributed by atoms with Crippen LogP contribution < -0.4 is 0 Å². The quantitative estimate of drug-likeness (QED) is 0.796. The second kappa shape index (κ2) is 5.04. The number of hydrogen-bond acceptors (Lipinski definition) is 3. The molecule has 0 saturated carbocycles. The van der Waals surface area contributed by atoms with E-state index in [4.69, 9.17) is 4.74 Å². The third-order valence-electron chi connectivity index (χ3n) is 6.74. The van der Waals surface area contributed by atoms with E-state index in [0.29, 0.717) is 12.1 Å². The van der Waals surface area contributed by atoms with Crippen molar-refractivity contribution in [2.75, 3.05) is 13.1 Å². The zero-order valence-electron chi connectivity index (χ0n) is 13.5. The molecule has 1 aromatic heterocycles. The highest BCUT2D eigenvalue weighted by Crippen LogP contribution is 2.48. The normalized spacial score (nSPS) is 43.0. The average molecular weight is 298 g/mol. The largest absolute Gasteiger partial charge is 0.369 e. The smallest absolute Gasteiger partial charge is 0.0987 e. The molecule has 1 aromatic rings. The summed E-state index contributed by atoms with van der Waals surface area (Å²) in [6, 6.07) is 2.86. The van der Waals surface area contributed by atoms with Crippen molar-refractivity contribution in [3.63, 3.8) is 0 Å². The van der Waals surface area contributed by atoms with Crippen molar-refractivity contribution in [1.82, 2.24) is 9.88 Å². The predicted octanol–water partition coefficient (Wildman–Crippen LogP) is 3.13. The maximum absolute atomic E-state index is 6.66. The second-order valence-corrected chi connectivity index (χ2v) is 7.80. The number of pyridine rings is 1. The number of piperidine rings is 3. The highest BCUT2D eigenvalue weighted by molar-refractivity contribution is 5.35. The molecule has 0 aromatic carbocycles. The average Bonchev–Trinajstić information content (AvgIpc) is 2.78. The zero-order chi connectivity index (χ0) is 14.7. The minimum atomic E-state index is 0.278. The molecule has 6 atom stereocenters. The van der Waals surface area contributed by atoms with Gasteiger partial charge in [-0.3, -0.25) is 9.88 Å². The second-order valence-electron chi connectivity index (χ2n) is 7.80. The van der Waals surface area contributed by atoms with Crippen molar-refractivity contribution >= 4 is 0 Å². The molecule has 5 aliphatic heterocycles. The van der Waals surface area contributed by atoms with Gasteiger partial charge in [0.25, 0.3) is 0 Å². The minimum absolute atomic E-state index is 0.278. The van der Waals surface area contributed by atoms with E-state index in [1.165, 1.54) is 62.0 Å². The van der Waals surface area contributed by atoms with E-state index >= 15 is 0 Å². The van der Waals surface area contributed by atoms with Crippen LogP contribution in [0.15, 0.2) is 12.3 Å². The van der Waals surface area contributed by atoms with Crippen molar-refractivity contribution in [1.29, 1.82) is 0 Å². The Balaban J connectivity index is 1.58. The van der Waals surface area contributed by atoms with E-state index in [0.717, 1.165) is 18.3 Å². The molecule has 0 radical (unpaired) electrons. The summed E-state index contributed by atoms with van der Waals surface area (Å²) in [7, 11) is 0. The van der Waals surface area contributed by atoms with Gasteiger partial charge in [0.15, 0.2) is 0 Å². The molecular formula is C19H26N2O. The maximum Gasteiger partial charge on any atom is 0.0987 e. The first-order valence-electron chi connectivity index (χ1n) is 9.17. The fourth-order valence-corrected chi connectivity index (χ4v) is 5.58. The Hall–Kier alpha value is -0.930. The van der Waals surface area contributed by atoms with Crippen molar-refractivity contribution < 1.29 is 4.74 Å². The van der Waals surface area contributed by atoms with Gasteiger partial charge in [0.05, 0.1) is 12.2 Å². The topological polar surface area (TPSA) is 25.4 Å². The maximum atomic E-state index is 6.66. The summed E-state index contributed by atoms with van der Waals surface area (Å²) in [6.07, 6.45) is 10.4. The highest BCUT2D eigenvalue weighted by Gasteiger charge is 2.50. The van der Waals surface area contributed by atoms with E-state index in [1.54, 1.807) is 0 Å².